The van der Waals surface area contributed by atoms with Crippen LogP contribution in [0.25, 0.3) is 113 Å². The first-order valence-electron chi connectivity index (χ1n) is 42.3. The van der Waals surface area contributed by atoms with Crippen molar-refractivity contribution in [1.82, 2.24) is 29.9 Å². The highest BCUT2D eigenvalue weighted by molar-refractivity contribution is 7.85. The van der Waals surface area contributed by atoms with Crippen LogP contribution in [0.2, 0.25) is 10.0 Å². The third-order valence-electron chi connectivity index (χ3n) is 23.1. The number of aromatic nitrogens is 6. The predicted octanol–water partition coefficient (Wildman–Crippen LogP) is 23.7. The lowest BCUT2D eigenvalue weighted by atomic mass is 9.79. The van der Waals surface area contributed by atoms with Gasteiger partial charge in [0.15, 0.2) is 49.2 Å². The quantitative estimate of drug-likeness (QED) is 0.0520. The second kappa shape index (κ2) is 38.0. The Kier molecular flexibility index (Phi) is 26.6. The number of hydrogen-bond donors (Lipinski definition) is 0. The number of halogens is 2. The van der Waals surface area contributed by atoms with Gasteiger partial charge < -0.3 is 32.1 Å². The minimum atomic E-state index is -3.21. The van der Waals surface area contributed by atoms with Gasteiger partial charge in [0.25, 0.3) is 0 Å². The van der Waals surface area contributed by atoms with Gasteiger partial charge >= 0.3 is 7.12 Å². The molecule has 0 bridgehead atoms. The van der Waals surface area contributed by atoms with Crippen LogP contribution in [0.5, 0.6) is 0 Å². The average molecular weight is 1820 g/mol. The molecule has 1 fully saturated rings. The maximum atomic E-state index is 15.3. The Balaban J connectivity index is 0.000000162. The molecule has 0 aliphatic carbocycles. The molecule has 0 saturated carbocycles. The van der Waals surface area contributed by atoms with Gasteiger partial charge in [-0.2, -0.15) is 0 Å². The minimum absolute atomic E-state index is 0.351. The molecule has 0 amide bonds. The van der Waals surface area contributed by atoms with E-state index in [0.29, 0.717) is 45.0 Å². The third kappa shape index (κ3) is 20.5. The van der Waals surface area contributed by atoms with E-state index in [0.717, 1.165) is 131 Å². The summed E-state index contributed by atoms with van der Waals surface area (Å²) in [6.07, 6.45) is 0. The fourth-order valence-corrected chi connectivity index (χ4v) is 23.8. The van der Waals surface area contributed by atoms with Gasteiger partial charge in [0.2, 0.25) is 0 Å². The monoisotopic (exact) mass is 1820 g/mol. The van der Waals surface area contributed by atoms with Crippen molar-refractivity contribution in [2.75, 3.05) is 40.0 Å². The fraction of sp³-hybridized carbons (Fsp3) is 0.111. The van der Waals surface area contributed by atoms with E-state index in [-0.39, 0.29) is 11.2 Å². The largest absolute Gasteiger partial charge is 0.494 e. The Morgan fingerprint density at radius 1 is 0.217 bits per heavy atom. The molecule has 640 valence electrons. The van der Waals surface area contributed by atoms with Gasteiger partial charge in [0, 0.05) is 91.2 Å². The van der Waals surface area contributed by atoms with Crippen molar-refractivity contribution >= 4 is 119 Å². The molecule has 0 radical (unpaired) electrons. The zero-order chi connectivity index (χ0) is 90.5. The van der Waals surface area contributed by atoms with Crippen molar-refractivity contribution in [2.45, 2.75) is 38.9 Å². The van der Waals surface area contributed by atoms with Crippen molar-refractivity contribution in [3.05, 3.63) is 398 Å². The molecule has 1 aliphatic heterocycles. The molecular weight excluding hydrogens is 1730 g/mol. The van der Waals surface area contributed by atoms with E-state index in [1.807, 2.05) is 398 Å². The molecule has 0 atom stereocenters. The predicted molar refractivity (Wildman–Crippen MR) is 542 cm³/mol. The molecule has 0 unspecified atom stereocenters. The van der Waals surface area contributed by atoms with Gasteiger partial charge in [0.1, 0.15) is 21.4 Å². The Labute approximate surface area is 765 Å². The molecule has 13 nitrogen and oxygen atoms in total. The minimum Gasteiger partial charge on any atom is -0.399 e. The van der Waals surface area contributed by atoms with Crippen LogP contribution in [0.3, 0.4) is 0 Å². The van der Waals surface area contributed by atoms with E-state index < -0.39 is 42.8 Å². The van der Waals surface area contributed by atoms with Crippen molar-refractivity contribution in [3.8, 4) is 113 Å². The van der Waals surface area contributed by atoms with Crippen LogP contribution in [-0.2, 0) is 32.1 Å². The molecule has 0 N–H and O–H groups in total. The Morgan fingerprint density at radius 3 is 0.667 bits per heavy atom. The molecule has 1 aliphatic rings. The normalized spacial score (nSPS) is 13.2. The lowest BCUT2D eigenvalue weighted by Gasteiger charge is -2.32. The van der Waals surface area contributed by atoms with E-state index in [9.17, 15) is 13.7 Å². The average Bonchev–Trinajstić information content (AvgIpc) is 1.76. The lowest BCUT2D eigenvalue weighted by molar-refractivity contribution is 0.00578. The first-order chi connectivity index (χ1) is 61.8. The lowest BCUT2D eigenvalue weighted by Crippen LogP contribution is -2.41. The Hall–Kier alpha value is -12.0. The summed E-state index contributed by atoms with van der Waals surface area (Å²) in [5, 5.41) is 8.32. The summed E-state index contributed by atoms with van der Waals surface area (Å²) in [6, 6.07) is 125. The second-order valence-electron chi connectivity index (χ2n) is 34.0. The number of rotatable bonds is 20. The topological polar surface area (TPSA) is 181 Å². The van der Waals surface area contributed by atoms with Gasteiger partial charge in [-0.15, -0.1) is 0 Å². The van der Waals surface area contributed by atoms with Crippen LogP contribution in [0.15, 0.2) is 388 Å². The van der Waals surface area contributed by atoms with Crippen LogP contribution in [-0.4, -0.2) is 88.2 Å². The zero-order valence-corrected chi connectivity index (χ0v) is 79.0. The highest BCUT2D eigenvalue weighted by atomic mass is 35.5. The summed E-state index contributed by atoms with van der Waals surface area (Å²) < 4.78 is 80.6. The van der Waals surface area contributed by atoms with Crippen LogP contribution in [0.1, 0.15) is 27.7 Å². The molecular formula is C108H94BCl2N6O7P5. The smallest absolute Gasteiger partial charge is 0.399 e. The maximum Gasteiger partial charge on any atom is 0.494 e. The van der Waals surface area contributed by atoms with Crippen molar-refractivity contribution in [3.63, 3.8) is 0 Å². The molecule has 129 heavy (non-hydrogen) atoms. The molecule has 3 heterocycles. The molecule has 18 rings (SSSR count). The second-order valence-corrected chi connectivity index (χ2v) is 50.0. The zero-order valence-electron chi connectivity index (χ0n) is 73.1. The van der Waals surface area contributed by atoms with Gasteiger partial charge in [-0.3, -0.25) is 0 Å². The van der Waals surface area contributed by atoms with E-state index >= 15 is 9.13 Å². The van der Waals surface area contributed by atoms with Crippen molar-refractivity contribution < 1.29 is 32.1 Å². The summed E-state index contributed by atoms with van der Waals surface area (Å²) in [5.74, 6) is 3.01. The molecule has 2 aromatic heterocycles. The Bertz CT molecular complexity index is 6990. The molecule has 0 spiro atoms. The first-order valence-corrected chi connectivity index (χ1v) is 54.2. The van der Waals surface area contributed by atoms with E-state index in [1.54, 1.807) is 40.0 Å². The number of hydrogen-bond acceptors (Lipinski definition) is 13. The maximum absolute atomic E-state index is 15.3. The molecule has 1 saturated heterocycles. The summed E-state index contributed by atoms with van der Waals surface area (Å²) in [6.45, 7) is 18.8. The van der Waals surface area contributed by atoms with Crippen LogP contribution < -0.4 is 53.2 Å². The highest BCUT2D eigenvalue weighted by Gasteiger charge is 2.52. The SMILES string of the molecule is CC1(C)OB(c2cccc(P(C)(C)=O)c2)OC1(C)C.CP(C)(=O)c1cccc(-c2cccc(-c3nc(-c4cccc(-c5cccc(P(C)(C)=O)c5)c4)nc(-c4cccc(-c5cccc(P(=O)(c6ccccc6)c6ccccc6)c5)c4)n3)c2)c1.O=P(c1ccccc1)(c1ccccc1)c1cccc(-c2cccc(-c3nc(-c4cccc(Cl)c4)nc(-c4cccc(Cl)c4)n3)c2)c1. The molecule has 21 heteroatoms. The highest BCUT2D eigenvalue weighted by Crippen LogP contribution is 2.47. The van der Waals surface area contributed by atoms with E-state index in [2.05, 4.69) is 18.2 Å². The van der Waals surface area contributed by atoms with Gasteiger partial charge in [0.05, 0.1) is 11.2 Å². The van der Waals surface area contributed by atoms with Gasteiger partial charge in [-0.05, 0) is 190 Å². The van der Waals surface area contributed by atoms with E-state index in [4.69, 9.17) is 62.4 Å². The summed E-state index contributed by atoms with van der Waals surface area (Å²) in [4.78, 5) is 29.9. The summed E-state index contributed by atoms with van der Waals surface area (Å²) in [5.41, 5.74) is 12.5. The van der Waals surface area contributed by atoms with Gasteiger partial charge in [-0.25, -0.2) is 29.9 Å². The van der Waals surface area contributed by atoms with Crippen LogP contribution in [0, 0.1) is 0 Å². The van der Waals surface area contributed by atoms with Crippen molar-refractivity contribution in [2.24, 2.45) is 0 Å². The number of benzene rings is 15. The van der Waals surface area contributed by atoms with Crippen LogP contribution in [0.4, 0.5) is 0 Å². The summed E-state index contributed by atoms with van der Waals surface area (Å²) in [7, 11) is -14.0. The van der Waals surface area contributed by atoms with Gasteiger partial charge in [-0.1, -0.05) is 339 Å². The molecule has 17 aromatic rings. The third-order valence-corrected chi connectivity index (χ3v) is 34.3. The van der Waals surface area contributed by atoms with Crippen molar-refractivity contribution in [1.29, 1.82) is 0 Å². The number of nitrogens with zero attached hydrogens (tertiary/aromatic N) is 6. The first kappa shape index (κ1) is 90.4. The summed E-state index contributed by atoms with van der Waals surface area (Å²) >= 11 is 12.7. The molecule has 15 aromatic carbocycles. The van der Waals surface area contributed by atoms with E-state index in [1.165, 1.54) is 0 Å². The standard InChI is InChI=1S/C55H46N3O3P3.C39H26Cl2N3OP.C14H22BO3P/c1-62(2,59)50-30-14-20-42(36-50)39-17-11-23-45(33-39)53-56-54(46-24-12-18-40(34-46)43-21-15-31-51(37-43)63(3,4)60)58-55(57-53)47-25-13-19-41(35-47)44-22-16-32-52(38-44)64(61,48-26-7-5-8-27-48)49-28-9-6-10-29-49;40-32-16-8-14-30(24-32)38-42-37(43-39(44-38)31-15-9-17-33(41)25-31)29-13-7-11-27(23-29)28-12-10-22-36(26-28)46(45,34-18-3-1-4-19-34)35-20-5-2-6-21-35;1-13(2)14(3,4)18-15(17-13)11-8-7-9-12(10-11)19(5,6)16/h5-38H,1-4H3;1-26H;7-10H,1-6H3. The van der Waals surface area contributed by atoms with Crippen LogP contribution >= 0.6 is 58.9 Å². The fourth-order valence-electron chi connectivity index (χ4n) is 15.4. The Morgan fingerprint density at radius 2 is 0.411 bits per heavy atom.